The number of hydrogen-bond acceptors (Lipinski definition) is 4. The number of nitrogens with zero attached hydrogens (tertiary/aromatic N) is 1. The van der Waals surface area contributed by atoms with E-state index >= 15 is 0 Å². The summed E-state index contributed by atoms with van der Waals surface area (Å²) in [5.41, 5.74) is 2.93. The molecular formula is C32H47N3O4. The first-order valence-electron chi connectivity index (χ1n) is 14.2. The fraction of sp³-hybridized carbons (Fsp3) is 0.531. The third-order valence-electron chi connectivity index (χ3n) is 6.43. The van der Waals surface area contributed by atoms with Gasteiger partial charge in [0.05, 0.1) is 0 Å². The minimum Gasteiger partial charge on any atom is -0.444 e. The first-order chi connectivity index (χ1) is 18.5. The molecule has 0 spiro atoms. The number of nitrogens with one attached hydrogen (secondary N) is 2. The average Bonchev–Trinajstić information content (AvgIpc) is 2.87. The fourth-order valence-electron chi connectivity index (χ4n) is 4.39. The van der Waals surface area contributed by atoms with Crippen LogP contribution in [0, 0.1) is 13.8 Å². The summed E-state index contributed by atoms with van der Waals surface area (Å²) in [5, 5.41) is 5.87. The quantitative estimate of drug-likeness (QED) is 0.306. The molecule has 2 unspecified atom stereocenters. The van der Waals surface area contributed by atoms with Crippen LogP contribution in [0.2, 0.25) is 0 Å². The van der Waals surface area contributed by atoms with E-state index in [1.165, 1.54) is 0 Å². The van der Waals surface area contributed by atoms with Crippen molar-refractivity contribution in [3.05, 3.63) is 70.8 Å². The molecule has 0 fully saturated rings. The van der Waals surface area contributed by atoms with E-state index in [9.17, 15) is 14.4 Å². The highest BCUT2D eigenvalue weighted by Crippen LogP contribution is 2.27. The highest BCUT2D eigenvalue weighted by atomic mass is 16.6. The number of rotatable bonds is 13. The molecule has 0 radical (unpaired) electrons. The second-order valence-corrected chi connectivity index (χ2v) is 11.2. The van der Waals surface area contributed by atoms with Crippen LogP contribution in [0.1, 0.15) is 88.6 Å². The third-order valence-corrected chi connectivity index (χ3v) is 6.43. The summed E-state index contributed by atoms with van der Waals surface area (Å²) >= 11 is 0. The summed E-state index contributed by atoms with van der Waals surface area (Å²) in [5.74, 6) is -0.521. The van der Waals surface area contributed by atoms with Crippen molar-refractivity contribution >= 4 is 17.9 Å². The smallest absolute Gasteiger partial charge is 0.408 e. The molecule has 0 saturated carbocycles. The molecule has 2 atom stereocenters. The van der Waals surface area contributed by atoms with Crippen LogP contribution in [0.15, 0.2) is 48.5 Å². The zero-order chi connectivity index (χ0) is 29.0. The number of carbonyl (C=O) groups excluding carboxylic acids is 3. The van der Waals surface area contributed by atoms with Crippen LogP contribution in [0.4, 0.5) is 4.79 Å². The Morgan fingerprint density at radius 1 is 0.949 bits per heavy atom. The Morgan fingerprint density at radius 2 is 1.62 bits per heavy atom. The number of carbonyl (C=O) groups is 3. The van der Waals surface area contributed by atoms with Crippen molar-refractivity contribution in [3.8, 4) is 0 Å². The van der Waals surface area contributed by atoms with Crippen molar-refractivity contribution in [2.24, 2.45) is 0 Å². The Hall–Kier alpha value is -3.35. The van der Waals surface area contributed by atoms with Crippen LogP contribution >= 0.6 is 0 Å². The van der Waals surface area contributed by atoms with Crippen molar-refractivity contribution in [2.75, 3.05) is 13.1 Å². The van der Waals surface area contributed by atoms with Crippen LogP contribution in [-0.2, 0) is 20.7 Å². The minimum absolute atomic E-state index is 0.211. The molecule has 7 nitrogen and oxygen atoms in total. The Kier molecular flexibility index (Phi) is 12.5. The highest BCUT2D eigenvalue weighted by Gasteiger charge is 2.36. The molecule has 214 valence electrons. The third kappa shape index (κ3) is 10.4. The molecule has 2 aromatic carbocycles. The van der Waals surface area contributed by atoms with Crippen LogP contribution in [0.25, 0.3) is 0 Å². The van der Waals surface area contributed by atoms with Crippen LogP contribution in [0.5, 0.6) is 0 Å². The maximum atomic E-state index is 14.4. The standard InChI is InChI=1S/C32H47N3O4/c1-8-10-19-33-29(36)28(26-21-23(3)17-18-24(26)4)35(20-11-9-2)30(37)27(22-25-15-13-12-14-16-25)34-31(38)39-32(5,6)7/h12-18,21,27-28H,8-11,19-20,22H2,1-7H3,(H,33,36)(H,34,38). The van der Waals surface area contributed by atoms with Crippen LogP contribution in [-0.4, -0.2) is 47.5 Å². The van der Waals surface area contributed by atoms with Gasteiger partial charge in [-0.05, 0) is 64.2 Å². The normalized spacial score (nSPS) is 12.8. The van der Waals surface area contributed by atoms with Crippen LogP contribution < -0.4 is 10.6 Å². The summed E-state index contributed by atoms with van der Waals surface area (Å²) in [6.45, 7) is 14.3. The van der Waals surface area contributed by atoms with Gasteiger partial charge in [0.2, 0.25) is 11.8 Å². The van der Waals surface area contributed by atoms with Gasteiger partial charge in [0.25, 0.3) is 0 Å². The largest absolute Gasteiger partial charge is 0.444 e. The van der Waals surface area contributed by atoms with Gasteiger partial charge in [-0.3, -0.25) is 9.59 Å². The number of ether oxygens (including phenoxy) is 1. The van der Waals surface area contributed by atoms with E-state index in [4.69, 9.17) is 4.74 Å². The van der Waals surface area contributed by atoms with Crippen molar-refractivity contribution in [1.82, 2.24) is 15.5 Å². The zero-order valence-corrected chi connectivity index (χ0v) is 24.8. The first-order valence-corrected chi connectivity index (χ1v) is 14.2. The molecule has 0 bridgehead atoms. The molecule has 0 saturated heterocycles. The zero-order valence-electron chi connectivity index (χ0n) is 24.8. The molecule has 2 rings (SSSR count). The molecule has 2 aromatic rings. The SMILES string of the molecule is CCCCNC(=O)C(c1cc(C)ccc1C)N(CCCC)C(=O)C(Cc1ccccc1)NC(=O)OC(C)(C)C. The first kappa shape index (κ1) is 31.9. The van der Waals surface area contributed by atoms with E-state index in [1.54, 1.807) is 25.7 Å². The number of amides is 3. The summed E-state index contributed by atoms with van der Waals surface area (Å²) in [6, 6.07) is 13.8. The summed E-state index contributed by atoms with van der Waals surface area (Å²) in [4.78, 5) is 42.7. The van der Waals surface area contributed by atoms with Crippen molar-refractivity contribution in [2.45, 2.75) is 98.3 Å². The van der Waals surface area contributed by atoms with E-state index in [1.807, 2.05) is 62.4 Å². The Morgan fingerprint density at radius 3 is 2.23 bits per heavy atom. The van der Waals surface area contributed by atoms with Gasteiger partial charge < -0.3 is 20.3 Å². The Labute approximate surface area is 234 Å². The van der Waals surface area contributed by atoms with E-state index in [2.05, 4.69) is 24.5 Å². The number of benzene rings is 2. The van der Waals surface area contributed by atoms with E-state index < -0.39 is 23.8 Å². The number of alkyl carbamates (subject to hydrolysis) is 1. The maximum absolute atomic E-state index is 14.4. The van der Waals surface area contributed by atoms with Gasteiger partial charge in [-0.25, -0.2) is 4.79 Å². The van der Waals surface area contributed by atoms with Crippen molar-refractivity contribution < 1.29 is 19.1 Å². The Bertz CT molecular complexity index is 1080. The summed E-state index contributed by atoms with van der Waals surface area (Å²) in [7, 11) is 0. The molecule has 0 aliphatic heterocycles. The van der Waals surface area contributed by atoms with Gasteiger partial charge in [0.15, 0.2) is 0 Å². The van der Waals surface area contributed by atoms with Gasteiger partial charge in [0.1, 0.15) is 17.7 Å². The van der Waals surface area contributed by atoms with Crippen molar-refractivity contribution in [3.63, 3.8) is 0 Å². The maximum Gasteiger partial charge on any atom is 0.408 e. The topological polar surface area (TPSA) is 87.7 Å². The molecule has 3 amide bonds. The van der Waals surface area contributed by atoms with Crippen LogP contribution in [0.3, 0.4) is 0 Å². The van der Waals surface area contributed by atoms with Crippen molar-refractivity contribution in [1.29, 1.82) is 0 Å². The molecule has 0 aliphatic carbocycles. The lowest BCUT2D eigenvalue weighted by Gasteiger charge is -2.35. The number of unbranched alkanes of at least 4 members (excludes halogenated alkanes) is 2. The van der Waals surface area contributed by atoms with Gasteiger partial charge in [-0.15, -0.1) is 0 Å². The molecule has 0 heterocycles. The molecule has 2 N–H and O–H groups in total. The number of aryl methyl sites for hydroxylation is 2. The van der Waals surface area contributed by atoms with E-state index in [0.717, 1.165) is 47.9 Å². The monoisotopic (exact) mass is 537 g/mol. The van der Waals surface area contributed by atoms with Gasteiger partial charge in [0, 0.05) is 19.5 Å². The van der Waals surface area contributed by atoms with Gasteiger partial charge in [-0.2, -0.15) is 0 Å². The predicted octanol–water partition coefficient (Wildman–Crippen LogP) is 6.03. The molecule has 7 heteroatoms. The second-order valence-electron chi connectivity index (χ2n) is 11.2. The minimum atomic E-state index is -0.907. The average molecular weight is 538 g/mol. The lowest BCUT2D eigenvalue weighted by atomic mass is 9.95. The Balaban J connectivity index is 2.56. The molecular weight excluding hydrogens is 490 g/mol. The highest BCUT2D eigenvalue weighted by molar-refractivity contribution is 5.92. The second kappa shape index (κ2) is 15.3. The molecule has 0 aromatic heterocycles. The summed E-state index contributed by atoms with van der Waals surface area (Å²) in [6.07, 6.45) is 2.99. The van der Waals surface area contributed by atoms with E-state index in [-0.39, 0.29) is 18.2 Å². The summed E-state index contributed by atoms with van der Waals surface area (Å²) < 4.78 is 5.51. The molecule has 39 heavy (non-hydrogen) atoms. The predicted molar refractivity (Wildman–Crippen MR) is 156 cm³/mol. The lowest BCUT2D eigenvalue weighted by molar-refractivity contribution is -0.142. The number of hydrogen-bond donors (Lipinski definition) is 2. The van der Waals surface area contributed by atoms with E-state index in [0.29, 0.717) is 13.1 Å². The fourth-order valence-corrected chi connectivity index (χ4v) is 4.39. The van der Waals surface area contributed by atoms with Gasteiger partial charge in [-0.1, -0.05) is 80.8 Å². The van der Waals surface area contributed by atoms with Gasteiger partial charge >= 0.3 is 6.09 Å². The lowest BCUT2D eigenvalue weighted by Crippen LogP contribution is -2.54. The molecule has 0 aliphatic rings.